The number of aliphatic hydroxyl groups excluding tert-OH is 1. The molecule has 1 aliphatic heterocycles. The number of hydrogen-bond donors (Lipinski definition) is 2. The first kappa shape index (κ1) is 17.3. The summed E-state index contributed by atoms with van der Waals surface area (Å²) in [4.78, 5) is 13.9. The van der Waals surface area contributed by atoms with Gasteiger partial charge in [0.15, 0.2) is 11.6 Å². The molecule has 25 heavy (non-hydrogen) atoms. The Morgan fingerprint density at radius 3 is 2.56 bits per heavy atom. The molecule has 0 spiro atoms. The number of carbonyl (C=O) groups excluding carboxylic acids is 1. The Balaban J connectivity index is 1.94. The van der Waals surface area contributed by atoms with Crippen LogP contribution in [0.4, 0.5) is 24.5 Å². The van der Waals surface area contributed by atoms with Gasteiger partial charge in [0.1, 0.15) is 5.82 Å². The highest BCUT2D eigenvalue weighted by Crippen LogP contribution is 2.30. The minimum atomic E-state index is -1.25. The number of hydrogen-bond acceptors (Lipinski definition) is 3. The maximum absolute atomic E-state index is 14.3. The van der Waals surface area contributed by atoms with Crippen LogP contribution < -0.4 is 5.32 Å². The highest BCUT2D eigenvalue weighted by molar-refractivity contribution is 6.01. The van der Waals surface area contributed by atoms with Gasteiger partial charge in [-0.25, -0.2) is 13.2 Å². The predicted octanol–water partition coefficient (Wildman–Crippen LogP) is 3.22. The Bertz CT molecular complexity index is 820. The molecule has 0 aliphatic carbocycles. The van der Waals surface area contributed by atoms with E-state index in [1.165, 1.54) is 23.1 Å². The van der Waals surface area contributed by atoms with E-state index in [1.54, 1.807) is 13.0 Å². The van der Waals surface area contributed by atoms with Crippen LogP contribution in [-0.2, 0) is 0 Å². The Labute approximate surface area is 142 Å². The third-order valence-corrected chi connectivity index (χ3v) is 4.21. The van der Waals surface area contributed by atoms with Crippen LogP contribution in [-0.4, -0.2) is 35.6 Å². The zero-order valence-electron chi connectivity index (χ0n) is 13.5. The molecule has 0 atom stereocenters. The van der Waals surface area contributed by atoms with Crippen LogP contribution in [0.1, 0.15) is 15.9 Å². The molecule has 1 heterocycles. The Morgan fingerprint density at radius 2 is 1.92 bits per heavy atom. The Kier molecular flexibility index (Phi) is 4.67. The van der Waals surface area contributed by atoms with Crippen molar-refractivity contribution >= 4 is 17.3 Å². The number of aliphatic hydroxyl groups is 1. The van der Waals surface area contributed by atoms with E-state index in [4.69, 9.17) is 5.11 Å². The molecule has 0 unspecified atom stereocenters. The van der Waals surface area contributed by atoms with Crippen LogP contribution >= 0.6 is 0 Å². The van der Waals surface area contributed by atoms with Crippen LogP contribution in [0.25, 0.3) is 0 Å². The minimum Gasteiger partial charge on any atom is -0.396 e. The number of aryl methyl sites for hydroxylation is 1. The van der Waals surface area contributed by atoms with Crippen LogP contribution in [0.15, 0.2) is 30.3 Å². The van der Waals surface area contributed by atoms with Gasteiger partial charge >= 0.3 is 0 Å². The van der Waals surface area contributed by atoms with E-state index in [-0.39, 0.29) is 23.8 Å². The molecule has 2 aromatic carbocycles. The smallest absolute Gasteiger partial charge is 0.256 e. The molecule has 0 radical (unpaired) electrons. The van der Waals surface area contributed by atoms with E-state index in [0.29, 0.717) is 18.7 Å². The highest BCUT2D eigenvalue weighted by atomic mass is 19.2. The van der Waals surface area contributed by atoms with E-state index >= 15 is 0 Å². The van der Waals surface area contributed by atoms with E-state index in [9.17, 15) is 18.0 Å². The summed E-state index contributed by atoms with van der Waals surface area (Å²) in [6.07, 6.45) is 0. The zero-order chi connectivity index (χ0) is 18.1. The molecular weight excluding hydrogens is 333 g/mol. The predicted molar refractivity (Wildman–Crippen MR) is 87.3 cm³/mol. The van der Waals surface area contributed by atoms with Crippen LogP contribution in [0.5, 0.6) is 0 Å². The SMILES string of the molecule is Cc1ccc(Nc2c(C(=O)N3CC(CO)C3)ccc(F)c2F)c(F)c1. The number of halogens is 3. The first-order valence-corrected chi connectivity index (χ1v) is 7.82. The average Bonchev–Trinajstić information content (AvgIpc) is 2.53. The lowest BCUT2D eigenvalue weighted by Crippen LogP contribution is -2.51. The fourth-order valence-electron chi connectivity index (χ4n) is 2.73. The monoisotopic (exact) mass is 350 g/mol. The fourth-order valence-corrected chi connectivity index (χ4v) is 2.73. The van der Waals surface area contributed by atoms with Crippen molar-refractivity contribution in [3.63, 3.8) is 0 Å². The first-order valence-electron chi connectivity index (χ1n) is 7.82. The maximum atomic E-state index is 14.3. The molecule has 7 heteroatoms. The molecule has 3 rings (SSSR count). The normalized spacial score (nSPS) is 14.4. The molecule has 132 valence electrons. The number of nitrogens with zero attached hydrogens (tertiary/aromatic N) is 1. The van der Waals surface area contributed by atoms with Crippen molar-refractivity contribution in [3.8, 4) is 0 Å². The molecule has 0 aromatic heterocycles. The lowest BCUT2D eigenvalue weighted by Gasteiger charge is -2.38. The average molecular weight is 350 g/mol. The maximum Gasteiger partial charge on any atom is 0.256 e. The molecule has 2 N–H and O–H groups in total. The summed E-state index contributed by atoms with van der Waals surface area (Å²) in [7, 11) is 0. The molecular formula is C18H17F3N2O2. The molecule has 0 saturated carbocycles. The Morgan fingerprint density at radius 1 is 1.20 bits per heavy atom. The number of anilines is 2. The lowest BCUT2D eigenvalue weighted by atomic mass is 9.99. The summed E-state index contributed by atoms with van der Waals surface area (Å²) in [5.74, 6) is -3.53. The quantitative estimate of drug-likeness (QED) is 0.890. The molecule has 1 fully saturated rings. The molecule has 1 saturated heterocycles. The van der Waals surface area contributed by atoms with E-state index < -0.39 is 29.0 Å². The summed E-state index contributed by atoms with van der Waals surface area (Å²) in [5, 5.41) is 11.5. The molecule has 1 aliphatic rings. The number of nitrogens with one attached hydrogen (secondary N) is 1. The topological polar surface area (TPSA) is 52.6 Å². The van der Waals surface area contributed by atoms with Gasteiger partial charge in [-0.2, -0.15) is 0 Å². The van der Waals surface area contributed by atoms with Crippen molar-refractivity contribution in [1.29, 1.82) is 0 Å². The highest BCUT2D eigenvalue weighted by Gasteiger charge is 2.32. The van der Waals surface area contributed by atoms with E-state index in [1.807, 2.05) is 0 Å². The van der Waals surface area contributed by atoms with Crippen molar-refractivity contribution in [3.05, 3.63) is 58.9 Å². The Hall–Kier alpha value is -2.54. The van der Waals surface area contributed by atoms with Gasteiger partial charge in [-0.05, 0) is 36.8 Å². The van der Waals surface area contributed by atoms with Gasteiger partial charge in [0, 0.05) is 25.6 Å². The zero-order valence-corrected chi connectivity index (χ0v) is 13.5. The third-order valence-electron chi connectivity index (χ3n) is 4.21. The lowest BCUT2D eigenvalue weighted by molar-refractivity contribution is 0.0362. The van der Waals surface area contributed by atoms with Gasteiger partial charge in [0.25, 0.3) is 5.91 Å². The van der Waals surface area contributed by atoms with Crippen LogP contribution in [0.3, 0.4) is 0 Å². The van der Waals surface area contributed by atoms with Crippen LogP contribution in [0.2, 0.25) is 0 Å². The van der Waals surface area contributed by atoms with Gasteiger partial charge in [0.05, 0.1) is 16.9 Å². The van der Waals surface area contributed by atoms with Crippen molar-refractivity contribution in [2.24, 2.45) is 5.92 Å². The van der Waals surface area contributed by atoms with Gasteiger partial charge in [-0.1, -0.05) is 6.07 Å². The number of rotatable bonds is 4. The number of likely N-dealkylation sites (tertiary alicyclic amines) is 1. The molecule has 2 aromatic rings. The number of amides is 1. The van der Waals surface area contributed by atoms with E-state index in [2.05, 4.69) is 5.32 Å². The van der Waals surface area contributed by atoms with Crippen molar-refractivity contribution in [2.45, 2.75) is 6.92 Å². The van der Waals surface area contributed by atoms with Crippen molar-refractivity contribution in [2.75, 3.05) is 25.0 Å². The third kappa shape index (κ3) is 3.32. The second kappa shape index (κ2) is 6.76. The second-order valence-electron chi connectivity index (χ2n) is 6.15. The van der Waals surface area contributed by atoms with Gasteiger partial charge < -0.3 is 15.3 Å². The summed E-state index contributed by atoms with van der Waals surface area (Å²) >= 11 is 0. The standard InChI is InChI=1S/C18H17F3N2O2/c1-10-2-5-15(14(20)6-10)22-17-12(3-4-13(19)16(17)21)18(25)23-7-11(8-23)9-24/h2-6,11,22,24H,7-9H2,1H3. The van der Waals surface area contributed by atoms with E-state index in [0.717, 1.165) is 6.07 Å². The van der Waals surface area contributed by atoms with Crippen LogP contribution in [0, 0.1) is 30.3 Å². The van der Waals surface area contributed by atoms with Gasteiger partial charge in [-0.15, -0.1) is 0 Å². The summed E-state index contributed by atoms with van der Waals surface area (Å²) in [6.45, 7) is 2.34. The molecule has 4 nitrogen and oxygen atoms in total. The fraction of sp³-hybridized carbons (Fsp3) is 0.278. The second-order valence-corrected chi connectivity index (χ2v) is 6.15. The summed E-state index contributed by atoms with van der Waals surface area (Å²) in [5.41, 5.74) is 0.131. The molecule has 0 bridgehead atoms. The molecule has 1 amide bonds. The first-order chi connectivity index (χ1) is 11.9. The van der Waals surface area contributed by atoms with Crippen molar-refractivity contribution < 1.29 is 23.1 Å². The minimum absolute atomic E-state index is 0.0137. The van der Waals surface area contributed by atoms with Gasteiger partial charge in [0.2, 0.25) is 0 Å². The van der Waals surface area contributed by atoms with Gasteiger partial charge in [-0.3, -0.25) is 4.79 Å². The summed E-state index contributed by atoms with van der Waals surface area (Å²) < 4.78 is 41.9. The number of benzene rings is 2. The van der Waals surface area contributed by atoms with Crippen molar-refractivity contribution in [1.82, 2.24) is 4.90 Å². The summed E-state index contributed by atoms with van der Waals surface area (Å²) in [6, 6.07) is 6.30. The largest absolute Gasteiger partial charge is 0.396 e. The number of carbonyl (C=O) groups is 1.